The third kappa shape index (κ3) is 2.01. The maximum absolute atomic E-state index is 10.7. The highest BCUT2D eigenvalue weighted by Gasteiger charge is 2.21. The fourth-order valence-corrected chi connectivity index (χ4v) is 1.40. The Morgan fingerprint density at radius 2 is 2.21 bits per heavy atom. The SMILES string of the molecule is NC[C@H](N)c1cccc(Cl)c1[N+](=O)[O-]. The van der Waals surface area contributed by atoms with Crippen LogP contribution in [-0.4, -0.2) is 11.5 Å². The number of hydrogen-bond acceptors (Lipinski definition) is 4. The molecule has 0 heterocycles. The van der Waals surface area contributed by atoms with Crippen molar-refractivity contribution in [1.29, 1.82) is 0 Å². The molecule has 1 atom stereocenters. The average molecular weight is 216 g/mol. The van der Waals surface area contributed by atoms with E-state index in [9.17, 15) is 10.1 Å². The largest absolute Gasteiger partial charge is 0.329 e. The number of para-hydroxylation sites is 1. The average Bonchev–Trinajstić information content (AvgIpc) is 2.15. The van der Waals surface area contributed by atoms with Gasteiger partial charge in [-0.25, -0.2) is 0 Å². The van der Waals surface area contributed by atoms with E-state index in [1.54, 1.807) is 12.1 Å². The van der Waals surface area contributed by atoms with E-state index < -0.39 is 11.0 Å². The lowest BCUT2D eigenvalue weighted by Crippen LogP contribution is -2.21. The van der Waals surface area contributed by atoms with Crippen molar-refractivity contribution >= 4 is 17.3 Å². The third-order valence-electron chi connectivity index (χ3n) is 1.85. The van der Waals surface area contributed by atoms with Gasteiger partial charge in [0.05, 0.1) is 4.92 Å². The quantitative estimate of drug-likeness (QED) is 0.585. The van der Waals surface area contributed by atoms with Gasteiger partial charge in [-0.2, -0.15) is 0 Å². The monoisotopic (exact) mass is 215 g/mol. The predicted octanol–water partition coefficient (Wildman–Crippen LogP) is 1.21. The Kier molecular flexibility index (Phi) is 3.40. The number of hydrogen-bond donors (Lipinski definition) is 2. The molecule has 0 radical (unpaired) electrons. The molecular weight excluding hydrogens is 206 g/mol. The first-order chi connectivity index (χ1) is 6.57. The van der Waals surface area contributed by atoms with Gasteiger partial charge < -0.3 is 11.5 Å². The minimum Gasteiger partial charge on any atom is -0.329 e. The normalized spacial score (nSPS) is 12.5. The number of nitrogens with zero attached hydrogens (tertiary/aromatic N) is 1. The fraction of sp³-hybridized carbons (Fsp3) is 0.250. The first-order valence-corrected chi connectivity index (χ1v) is 4.34. The number of rotatable bonds is 3. The second-order valence-electron chi connectivity index (χ2n) is 2.78. The van der Waals surface area contributed by atoms with E-state index in [1.807, 2.05) is 0 Å². The molecular formula is C8H10ClN3O2. The van der Waals surface area contributed by atoms with Gasteiger partial charge >= 0.3 is 0 Å². The summed E-state index contributed by atoms with van der Waals surface area (Å²) in [6.07, 6.45) is 0. The molecule has 0 aliphatic rings. The summed E-state index contributed by atoms with van der Waals surface area (Å²) in [5.41, 5.74) is 11.2. The molecule has 0 fully saturated rings. The van der Waals surface area contributed by atoms with Crippen LogP contribution in [0.3, 0.4) is 0 Å². The lowest BCUT2D eigenvalue weighted by atomic mass is 10.1. The molecule has 76 valence electrons. The Morgan fingerprint density at radius 1 is 1.57 bits per heavy atom. The van der Waals surface area contributed by atoms with Crippen LogP contribution in [0.4, 0.5) is 5.69 Å². The maximum Gasteiger partial charge on any atom is 0.292 e. The zero-order chi connectivity index (χ0) is 10.7. The van der Waals surface area contributed by atoms with Crippen LogP contribution in [0, 0.1) is 10.1 Å². The maximum atomic E-state index is 10.7. The van der Waals surface area contributed by atoms with E-state index in [4.69, 9.17) is 23.1 Å². The Labute approximate surface area is 85.8 Å². The van der Waals surface area contributed by atoms with Gasteiger partial charge in [0.15, 0.2) is 0 Å². The standard InChI is InChI=1S/C8H10ClN3O2/c9-6-3-1-2-5(7(11)4-10)8(6)12(13)14/h1-3,7H,4,10-11H2/t7-/m0/s1. The molecule has 1 rings (SSSR count). The molecule has 0 amide bonds. The molecule has 0 aliphatic carbocycles. The molecule has 1 aromatic rings. The number of benzene rings is 1. The summed E-state index contributed by atoms with van der Waals surface area (Å²) in [7, 11) is 0. The number of nitrogens with two attached hydrogens (primary N) is 2. The summed E-state index contributed by atoms with van der Waals surface area (Å²) in [5, 5.41) is 10.8. The van der Waals surface area contributed by atoms with Crippen LogP contribution in [-0.2, 0) is 0 Å². The first-order valence-electron chi connectivity index (χ1n) is 3.96. The zero-order valence-electron chi connectivity index (χ0n) is 7.31. The van der Waals surface area contributed by atoms with Crippen molar-refractivity contribution in [1.82, 2.24) is 0 Å². The molecule has 0 bridgehead atoms. The molecule has 0 saturated carbocycles. The molecule has 14 heavy (non-hydrogen) atoms. The van der Waals surface area contributed by atoms with Gasteiger partial charge in [0.1, 0.15) is 5.02 Å². The van der Waals surface area contributed by atoms with E-state index in [2.05, 4.69) is 0 Å². The van der Waals surface area contributed by atoms with Gasteiger partial charge in [-0.1, -0.05) is 23.7 Å². The first kappa shape index (κ1) is 10.9. The third-order valence-corrected chi connectivity index (χ3v) is 2.16. The van der Waals surface area contributed by atoms with Gasteiger partial charge in [-0.05, 0) is 6.07 Å². The summed E-state index contributed by atoms with van der Waals surface area (Å²) in [6.45, 7) is 0.140. The van der Waals surface area contributed by atoms with Crippen molar-refractivity contribution < 1.29 is 4.92 Å². The van der Waals surface area contributed by atoms with Crippen LogP contribution < -0.4 is 11.5 Å². The van der Waals surface area contributed by atoms with Crippen LogP contribution in [0.5, 0.6) is 0 Å². The smallest absolute Gasteiger partial charge is 0.292 e. The number of halogens is 1. The van der Waals surface area contributed by atoms with Gasteiger partial charge in [0.25, 0.3) is 5.69 Å². The van der Waals surface area contributed by atoms with Crippen molar-refractivity contribution in [2.24, 2.45) is 11.5 Å². The minimum atomic E-state index is -0.561. The summed E-state index contributed by atoms with van der Waals surface area (Å²) < 4.78 is 0. The molecule has 6 heteroatoms. The second-order valence-corrected chi connectivity index (χ2v) is 3.18. The summed E-state index contributed by atoms with van der Waals surface area (Å²) in [5.74, 6) is 0. The lowest BCUT2D eigenvalue weighted by Gasteiger charge is -2.09. The molecule has 0 aromatic heterocycles. The Balaban J connectivity index is 3.28. The van der Waals surface area contributed by atoms with Crippen LogP contribution in [0.25, 0.3) is 0 Å². The van der Waals surface area contributed by atoms with E-state index in [0.29, 0.717) is 5.56 Å². The van der Waals surface area contributed by atoms with E-state index in [0.717, 1.165) is 0 Å². The minimum absolute atomic E-state index is 0.0800. The number of nitro benzene ring substituents is 1. The summed E-state index contributed by atoms with van der Waals surface area (Å²) in [6, 6.07) is 4.06. The van der Waals surface area contributed by atoms with E-state index >= 15 is 0 Å². The van der Waals surface area contributed by atoms with E-state index in [1.165, 1.54) is 6.07 Å². The second kappa shape index (κ2) is 4.36. The topological polar surface area (TPSA) is 95.2 Å². The molecule has 0 unspecified atom stereocenters. The van der Waals surface area contributed by atoms with E-state index in [-0.39, 0.29) is 17.3 Å². The van der Waals surface area contributed by atoms with Gasteiger partial charge in [-0.3, -0.25) is 10.1 Å². The van der Waals surface area contributed by atoms with Crippen molar-refractivity contribution in [3.63, 3.8) is 0 Å². The highest BCUT2D eigenvalue weighted by molar-refractivity contribution is 6.32. The van der Waals surface area contributed by atoms with Gasteiger partial charge in [0.2, 0.25) is 0 Å². The highest BCUT2D eigenvalue weighted by Crippen LogP contribution is 2.30. The zero-order valence-corrected chi connectivity index (χ0v) is 8.07. The summed E-state index contributed by atoms with van der Waals surface area (Å²) >= 11 is 5.69. The van der Waals surface area contributed by atoms with Gasteiger partial charge in [0, 0.05) is 18.2 Å². The Bertz CT molecular complexity index is 356. The van der Waals surface area contributed by atoms with Crippen molar-refractivity contribution in [2.45, 2.75) is 6.04 Å². The fourth-order valence-electron chi connectivity index (χ4n) is 1.15. The highest BCUT2D eigenvalue weighted by atomic mass is 35.5. The predicted molar refractivity (Wildman–Crippen MR) is 54.1 cm³/mol. The molecule has 1 aromatic carbocycles. The van der Waals surface area contributed by atoms with Crippen molar-refractivity contribution in [3.05, 3.63) is 38.9 Å². The van der Waals surface area contributed by atoms with Crippen LogP contribution >= 0.6 is 11.6 Å². The molecule has 0 saturated heterocycles. The van der Waals surface area contributed by atoms with Crippen molar-refractivity contribution in [3.8, 4) is 0 Å². The molecule has 5 nitrogen and oxygen atoms in total. The molecule has 4 N–H and O–H groups in total. The van der Waals surface area contributed by atoms with Crippen LogP contribution in [0.1, 0.15) is 11.6 Å². The molecule has 0 aliphatic heterocycles. The Hall–Kier alpha value is -1.17. The lowest BCUT2D eigenvalue weighted by molar-refractivity contribution is -0.385. The number of nitro groups is 1. The Morgan fingerprint density at radius 3 is 2.71 bits per heavy atom. The van der Waals surface area contributed by atoms with Crippen LogP contribution in [0.15, 0.2) is 18.2 Å². The van der Waals surface area contributed by atoms with Gasteiger partial charge in [-0.15, -0.1) is 0 Å². The molecule has 0 spiro atoms. The summed E-state index contributed by atoms with van der Waals surface area (Å²) in [4.78, 5) is 10.1. The van der Waals surface area contributed by atoms with Crippen LogP contribution in [0.2, 0.25) is 5.02 Å². The van der Waals surface area contributed by atoms with Crippen molar-refractivity contribution in [2.75, 3.05) is 6.54 Å².